The van der Waals surface area contributed by atoms with Crippen LogP contribution in [0.25, 0.3) is 0 Å². The average molecular weight is 237 g/mol. The molecule has 86 valence electrons. The first-order chi connectivity index (χ1) is 7.74. The number of rotatable bonds is 4. The number of amides is 1. The molecule has 2 rings (SSSR count). The Morgan fingerprint density at radius 2 is 2.12 bits per heavy atom. The Bertz CT molecular complexity index is 360. The second-order valence-electron chi connectivity index (χ2n) is 3.92. The topological polar surface area (TPSA) is 38.3 Å². The summed E-state index contributed by atoms with van der Waals surface area (Å²) in [6.45, 7) is 3.31. The van der Waals surface area contributed by atoms with Gasteiger partial charge < -0.3 is 10.1 Å². The van der Waals surface area contributed by atoms with Gasteiger partial charge in [-0.1, -0.05) is 0 Å². The highest BCUT2D eigenvalue weighted by atomic mass is 32.2. The van der Waals surface area contributed by atoms with E-state index in [1.54, 1.807) is 0 Å². The van der Waals surface area contributed by atoms with Crippen LogP contribution in [0.2, 0.25) is 0 Å². The second-order valence-corrected chi connectivity index (χ2v) is 5.01. The smallest absolute Gasteiger partial charge is 0.221 e. The van der Waals surface area contributed by atoms with Crippen LogP contribution in [-0.2, 0) is 9.53 Å². The summed E-state index contributed by atoms with van der Waals surface area (Å²) >= 11 is 1.84. The first kappa shape index (κ1) is 11.5. The van der Waals surface area contributed by atoms with Gasteiger partial charge in [0.1, 0.15) is 0 Å². The molecular weight excluding hydrogens is 222 g/mol. The molecule has 1 saturated heterocycles. The predicted molar refractivity (Wildman–Crippen MR) is 65.8 cm³/mol. The number of carbonyl (C=O) groups excluding carboxylic acids is 1. The highest BCUT2D eigenvalue weighted by Crippen LogP contribution is 2.25. The molecule has 0 atom stereocenters. The lowest BCUT2D eigenvalue weighted by Crippen LogP contribution is -2.29. The molecule has 1 aromatic carbocycles. The summed E-state index contributed by atoms with van der Waals surface area (Å²) in [6, 6.07) is 7.94. The standard InChI is InChI=1S/C12H15NO2S/c1-9(14)13-11-2-4-12(5-3-11)16-8-10-6-15-7-10/h2-5,10H,6-8H2,1H3,(H,13,14). The highest BCUT2D eigenvalue weighted by molar-refractivity contribution is 7.99. The number of carbonyl (C=O) groups is 1. The third kappa shape index (κ3) is 3.25. The van der Waals surface area contributed by atoms with E-state index in [4.69, 9.17) is 4.74 Å². The van der Waals surface area contributed by atoms with Gasteiger partial charge in [0.25, 0.3) is 0 Å². The summed E-state index contributed by atoms with van der Waals surface area (Å²) in [5.41, 5.74) is 0.851. The van der Waals surface area contributed by atoms with Crippen LogP contribution in [0.15, 0.2) is 29.2 Å². The Kier molecular flexibility index (Phi) is 3.85. The Labute approximate surface area is 99.6 Å². The molecule has 1 amide bonds. The molecule has 0 bridgehead atoms. The molecule has 1 aliphatic heterocycles. The van der Waals surface area contributed by atoms with Gasteiger partial charge in [-0.2, -0.15) is 0 Å². The van der Waals surface area contributed by atoms with Crippen LogP contribution in [0.1, 0.15) is 6.92 Å². The van der Waals surface area contributed by atoms with E-state index < -0.39 is 0 Å². The Hall–Kier alpha value is -1.00. The summed E-state index contributed by atoms with van der Waals surface area (Å²) in [5.74, 6) is 1.78. The zero-order chi connectivity index (χ0) is 11.4. The van der Waals surface area contributed by atoms with Gasteiger partial charge in [0, 0.05) is 29.2 Å². The third-order valence-corrected chi connectivity index (χ3v) is 3.61. The van der Waals surface area contributed by atoms with Crippen molar-refractivity contribution < 1.29 is 9.53 Å². The van der Waals surface area contributed by atoms with Crippen molar-refractivity contribution in [2.75, 3.05) is 24.3 Å². The van der Waals surface area contributed by atoms with Gasteiger partial charge in [0.15, 0.2) is 0 Å². The minimum atomic E-state index is -0.0352. The van der Waals surface area contributed by atoms with Crippen LogP contribution in [0.4, 0.5) is 5.69 Å². The largest absolute Gasteiger partial charge is 0.381 e. The summed E-state index contributed by atoms with van der Waals surface area (Å²) in [6.07, 6.45) is 0. The molecule has 4 heteroatoms. The summed E-state index contributed by atoms with van der Waals surface area (Å²) in [4.78, 5) is 12.1. The van der Waals surface area contributed by atoms with Crippen LogP contribution >= 0.6 is 11.8 Å². The quantitative estimate of drug-likeness (QED) is 0.817. The summed E-state index contributed by atoms with van der Waals surface area (Å²) in [5, 5.41) is 2.75. The Balaban J connectivity index is 1.83. The van der Waals surface area contributed by atoms with Crippen molar-refractivity contribution in [1.82, 2.24) is 0 Å². The van der Waals surface area contributed by atoms with E-state index in [0.717, 1.165) is 24.7 Å². The zero-order valence-electron chi connectivity index (χ0n) is 9.23. The van der Waals surface area contributed by atoms with Gasteiger partial charge in [0.05, 0.1) is 13.2 Å². The molecule has 1 aliphatic rings. The first-order valence-electron chi connectivity index (χ1n) is 5.32. The number of anilines is 1. The third-order valence-electron chi connectivity index (χ3n) is 2.37. The van der Waals surface area contributed by atoms with E-state index in [2.05, 4.69) is 5.32 Å². The fraction of sp³-hybridized carbons (Fsp3) is 0.417. The van der Waals surface area contributed by atoms with Crippen molar-refractivity contribution >= 4 is 23.4 Å². The fourth-order valence-electron chi connectivity index (χ4n) is 1.43. The van der Waals surface area contributed by atoms with Gasteiger partial charge in [-0.15, -0.1) is 11.8 Å². The molecule has 0 spiro atoms. The van der Waals surface area contributed by atoms with Crippen LogP contribution in [0.3, 0.4) is 0 Å². The minimum Gasteiger partial charge on any atom is -0.381 e. The minimum absolute atomic E-state index is 0.0352. The number of benzene rings is 1. The maximum atomic E-state index is 10.8. The van der Waals surface area contributed by atoms with Crippen LogP contribution in [0, 0.1) is 5.92 Å². The van der Waals surface area contributed by atoms with Gasteiger partial charge in [-0.3, -0.25) is 4.79 Å². The predicted octanol–water partition coefficient (Wildman–Crippen LogP) is 2.38. The molecule has 1 N–H and O–H groups in total. The Morgan fingerprint density at radius 3 is 2.62 bits per heavy atom. The maximum absolute atomic E-state index is 10.8. The maximum Gasteiger partial charge on any atom is 0.221 e. The van der Waals surface area contributed by atoms with E-state index in [0.29, 0.717) is 5.92 Å². The van der Waals surface area contributed by atoms with Crippen LogP contribution in [0.5, 0.6) is 0 Å². The first-order valence-corrected chi connectivity index (χ1v) is 6.31. The molecule has 3 nitrogen and oxygen atoms in total. The number of hydrogen-bond donors (Lipinski definition) is 1. The fourth-order valence-corrected chi connectivity index (χ4v) is 2.38. The Morgan fingerprint density at radius 1 is 1.44 bits per heavy atom. The van der Waals surface area contributed by atoms with E-state index in [9.17, 15) is 4.79 Å². The number of ether oxygens (including phenoxy) is 1. The lowest BCUT2D eigenvalue weighted by atomic mass is 10.1. The van der Waals surface area contributed by atoms with E-state index in [1.165, 1.54) is 11.8 Å². The van der Waals surface area contributed by atoms with Gasteiger partial charge in [0.2, 0.25) is 5.91 Å². The highest BCUT2D eigenvalue weighted by Gasteiger charge is 2.17. The van der Waals surface area contributed by atoms with Gasteiger partial charge in [-0.25, -0.2) is 0 Å². The normalized spacial score (nSPS) is 15.6. The molecule has 1 aromatic rings. The summed E-state index contributed by atoms with van der Waals surface area (Å²) in [7, 11) is 0. The molecule has 1 heterocycles. The molecule has 0 radical (unpaired) electrons. The lowest BCUT2D eigenvalue weighted by Gasteiger charge is -2.25. The van der Waals surface area contributed by atoms with Gasteiger partial charge >= 0.3 is 0 Å². The van der Waals surface area contributed by atoms with Crippen molar-refractivity contribution in [2.45, 2.75) is 11.8 Å². The average Bonchev–Trinajstić information content (AvgIpc) is 2.17. The van der Waals surface area contributed by atoms with Gasteiger partial charge in [-0.05, 0) is 24.3 Å². The van der Waals surface area contributed by atoms with Crippen LogP contribution in [-0.4, -0.2) is 24.9 Å². The SMILES string of the molecule is CC(=O)Nc1ccc(SCC2COC2)cc1. The van der Waals surface area contributed by atoms with Crippen molar-refractivity contribution in [3.05, 3.63) is 24.3 Å². The second kappa shape index (κ2) is 5.37. The number of thioether (sulfide) groups is 1. The molecule has 16 heavy (non-hydrogen) atoms. The van der Waals surface area contributed by atoms with E-state index >= 15 is 0 Å². The molecule has 0 saturated carbocycles. The molecule has 1 fully saturated rings. The van der Waals surface area contributed by atoms with E-state index in [1.807, 2.05) is 36.0 Å². The van der Waals surface area contributed by atoms with Crippen molar-refractivity contribution in [1.29, 1.82) is 0 Å². The van der Waals surface area contributed by atoms with Crippen molar-refractivity contribution in [2.24, 2.45) is 5.92 Å². The zero-order valence-corrected chi connectivity index (χ0v) is 10.0. The van der Waals surface area contributed by atoms with E-state index in [-0.39, 0.29) is 5.91 Å². The molecule has 0 aromatic heterocycles. The lowest BCUT2D eigenvalue weighted by molar-refractivity contribution is -0.114. The number of hydrogen-bond acceptors (Lipinski definition) is 3. The summed E-state index contributed by atoms with van der Waals surface area (Å²) < 4.78 is 5.13. The monoisotopic (exact) mass is 237 g/mol. The van der Waals surface area contributed by atoms with Crippen molar-refractivity contribution in [3.8, 4) is 0 Å². The molecule has 0 unspecified atom stereocenters. The number of nitrogens with one attached hydrogen (secondary N) is 1. The van der Waals surface area contributed by atoms with Crippen LogP contribution < -0.4 is 5.32 Å². The van der Waals surface area contributed by atoms with Crippen molar-refractivity contribution in [3.63, 3.8) is 0 Å². The molecular formula is C12H15NO2S. The molecule has 0 aliphatic carbocycles.